The summed E-state index contributed by atoms with van der Waals surface area (Å²) < 4.78 is 0. The number of piperidine rings is 1. The van der Waals surface area contributed by atoms with Crippen LogP contribution in [0.5, 0.6) is 0 Å². The zero-order chi connectivity index (χ0) is 12.8. The highest BCUT2D eigenvalue weighted by molar-refractivity contribution is 5.96. The van der Waals surface area contributed by atoms with Gasteiger partial charge in [0.05, 0.1) is 6.04 Å². The van der Waals surface area contributed by atoms with E-state index >= 15 is 0 Å². The molecule has 1 aliphatic heterocycles. The molecule has 3 N–H and O–H groups in total. The van der Waals surface area contributed by atoms with Crippen LogP contribution in [0.15, 0.2) is 0 Å². The third-order valence-electron chi connectivity index (χ3n) is 3.33. The van der Waals surface area contributed by atoms with Crippen LogP contribution >= 0.6 is 12.4 Å². The Kier molecular flexibility index (Phi) is 7.90. The van der Waals surface area contributed by atoms with E-state index < -0.39 is 6.03 Å². The van der Waals surface area contributed by atoms with Gasteiger partial charge in [-0.15, -0.1) is 12.4 Å². The fraction of sp³-hybridized carbons (Fsp3) is 0.818. The highest BCUT2D eigenvalue weighted by Gasteiger charge is 2.26. The number of nitrogens with one attached hydrogen (secondary N) is 3. The van der Waals surface area contributed by atoms with E-state index in [4.69, 9.17) is 0 Å². The van der Waals surface area contributed by atoms with Crippen LogP contribution in [0.1, 0.15) is 19.8 Å². The van der Waals surface area contributed by atoms with Crippen molar-refractivity contribution in [2.45, 2.75) is 31.8 Å². The summed E-state index contributed by atoms with van der Waals surface area (Å²) in [6.07, 6.45) is 2.07. The maximum atomic E-state index is 11.7. The minimum atomic E-state index is -0.452. The lowest BCUT2D eigenvalue weighted by Crippen LogP contribution is -2.52. The van der Waals surface area contributed by atoms with Gasteiger partial charge in [0.1, 0.15) is 0 Å². The van der Waals surface area contributed by atoms with Gasteiger partial charge in [0.15, 0.2) is 0 Å². The molecule has 0 aliphatic carbocycles. The van der Waals surface area contributed by atoms with Crippen molar-refractivity contribution in [3.8, 4) is 0 Å². The number of amides is 3. The first kappa shape index (κ1) is 17.2. The first-order valence-corrected chi connectivity index (χ1v) is 6.02. The normalized spacial score (nSPS) is 18.6. The molecule has 6 nitrogen and oxygen atoms in total. The van der Waals surface area contributed by atoms with Crippen molar-refractivity contribution in [1.82, 2.24) is 20.9 Å². The third kappa shape index (κ3) is 4.80. The Balaban J connectivity index is 0.00000289. The summed E-state index contributed by atoms with van der Waals surface area (Å²) in [4.78, 5) is 24.9. The van der Waals surface area contributed by atoms with Crippen LogP contribution in [0, 0.1) is 0 Å². The van der Waals surface area contributed by atoms with E-state index in [9.17, 15) is 9.59 Å². The van der Waals surface area contributed by atoms with Gasteiger partial charge in [0.25, 0.3) is 0 Å². The molecule has 1 atom stereocenters. The first-order valence-electron chi connectivity index (χ1n) is 6.02. The molecule has 18 heavy (non-hydrogen) atoms. The van der Waals surface area contributed by atoms with E-state index in [-0.39, 0.29) is 24.4 Å². The summed E-state index contributed by atoms with van der Waals surface area (Å²) in [5, 5.41) is 7.92. The number of hydrogen-bond acceptors (Lipinski definition) is 4. The monoisotopic (exact) mass is 278 g/mol. The Morgan fingerprint density at radius 3 is 2.22 bits per heavy atom. The molecule has 3 amide bonds. The second-order valence-electron chi connectivity index (χ2n) is 4.34. The van der Waals surface area contributed by atoms with E-state index in [1.54, 1.807) is 0 Å². The van der Waals surface area contributed by atoms with Gasteiger partial charge in [-0.3, -0.25) is 15.0 Å². The quantitative estimate of drug-likeness (QED) is 0.676. The van der Waals surface area contributed by atoms with Gasteiger partial charge in [-0.1, -0.05) is 0 Å². The standard InChI is InChI=1S/C11H22N4O2.ClH/c1-8(10(16)14-11(17)13-3)15-6-4-9(12-2)5-7-15;/h8-9,12H,4-7H2,1-3H3,(H2,13,14,16,17);1H. The van der Waals surface area contributed by atoms with Crippen molar-refractivity contribution >= 4 is 24.3 Å². The fourth-order valence-electron chi connectivity index (χ4n) is 2.02. The molecule has 1 rings (SSSR count). The fourth-order valence-corrected chi connectivity index (χ4v) is 2.02. The molecule has 0 saturated carbocycles. The minimum Gasteiger partial charge on any atom is -0.341 e. The molecular formula is C11H23ClN4O2. The average Bonchev–Trinajstić information content (AvgIpc) is 2.37. The molecule has 1 fully saturated rings. The number of halogens is 1. The zero-order valence-electron chi connectivity index (χ0n) is 11.2. The van der Waals surface area contributed by atoms with Crippen LogP contribution in [0.4, 0.5) is 4.79 Å². The van der Waals surface area contributed by atoms with Crippen molar-refractivity contribution in [1.29, 1.82) is 0 Å². The Hall–Kier alpha value is -0.850. The number of likely N-dealkylation sites (tertiary alicyclic amines) is 1. The Bertz CT molecular complexity index is 280. The van der Waals surface area contributed by atoms with Crippen molar-refractivity contribution in [3.63, 3.8) is 0 Å². The molecule has 106 valence electrons. The smallest absolute Gasteiger partial charge is 0.321 e. The lowest BCUT2D eigenvalue weighted by molar-refractivity contribution is -0.125. The number of carbonyl (C=O) groups excluding carboxylic acids is 2. The van der Waals surface area contributed by atoms with Crippen LogP contribution in [0.3, 0.4) is 0 Å². The molecule has 0 aromatic heterocycles. The molecule has 0 aromatic rings. The summed E-state index contributed by atoms with van der Waals surface area (Å²) in [5.41, 5.74) is 0. The topological polar surface area (TPSA) is 73.5 Å². The SMILES string of the molecule is CNC(=O)NC(=O)C(C)N1CCC(NC)CC1.Cl. The van der Waals surface area contributed by atoms with Crippen LogP contribution in [-0.4, -0.2) is 56.1 Å². The maximum Gasteiger partial charge on any atom is 0.321 e. The molecule has 1 heterocycles. The van der Waals surface area contributed by atoms with Crippen LogP contribution < -0.4 is 16.0 Å². The van der Waals surface area contributed by atoms with Crippen LogP contribution in [0.2, 0.25) is 0 Å². The van der Waals surface area contributed by atoms with Gasteiger partial charge >= 0.3 is 6.03 Å². The van der Waals surface area contributed by atoms with E-state index in [1.165, 1.54) is 7.05 Å². The van der Waals surface area contributed by atoms with Crippen molar-refractivity contribution in [2.24, 2.45) is 0 Å². The largest absolute Gasteiger partial charge is 0.341 e. The number of imide groups is 1. The average molecular weight is 279 g/mol. The summed E-state index contributed by atoms with van der Waals surface area (Å²) >= 11 is 0. The number of carbonyl (C=O) groups is 2. The Morgan fingerprint density at radius 2 is 1.78 bits per heavy atom. The predicted octanol–water partition coefficient (Wildman–Crippen LogP) is -0.0639. The molecule has 0 bridgehead atoms. The van der Waals surface area contributed by atoms with Gasteiger partial charge in [0.2, 0.25) is 5.91 Å². The summed E-state index contributed by atoms with van der Waals surface area (Å²) in [6.45, 7) is 3.60. The van der Waals surface area contributed by atoms with E-state index in [1.807, 2.05) is 14.0 Å². The minimum absolute atomic E-state index is 0. The van der Waals surface area contributed by atoms with Crippen molar-refractivity contribution in [3.05, 3.63) is 0 Å². The Labute approximate surface area is 114 Å². The summed E-state index contributed by atoms with van der Waals surface area (Å²) in [6, 6.07) is -0.169. The van der Waals surface area contributed by atoms with E-state index in [0.29, 0.717) is 6.04 Å². The number of nitrogens with zero attached hydrogens (tertiary/aromatic N) is 1. The molecule has 1 unspecified atom stereocenters. The van der Waals surface area contributed by atoms with Crippen molar-refractivity contribution < 1.29 is 9.59 Å². The van der Waals surface area contributed by atoms with Crippen LogP contribution in [-0.2, 0) is 4.79 Å². The lowest BCUT2D eigenvalue weighted by Gasteiger charge is -2.34. The molecular weight excluding hydrogens is 256 g/mol. The second kappa shape index (κ2) is 8.29. The number of hydrogen-bond donors (Lipinski definition) is 3. The molecule has 7 heteroatoms. The Morgan fingerprint density at radius 1 is 1.22 bits per heavy atom. The molecule has 1 aliphatic rings. The molecule has 1 saturated heterocycles. The molecule has 0 aromatic carbocycles. The maximum absolute atomic E-state index is 11.7. The van der Waals surface area contributed by atoms with E-state index in [2.05, 4.69) is 20.9 Å². The van der Waals surface area contributed by atoms with Gasteiger partial charge in [-0.05, 0) is 26.8 Å². The first-order chi connectivity index (χ1) is 8.08. The van der Waals surface area contributed by atoms with Crippen LogP contribution in [0.25, 0.3) is 0 Å². The summed E-state index contributed by atoms with van der Waals surface area (Å²) in [5.74, 6) is -0.243. The van der Waals surface area contributed by atoms with Gasteiger partial charge in [-0.25, -0.2) is 4.79 Å². The second-order valence-corrected chi connectivity index (χ2v) is 4.34. The third-order valence-corrected chi connectivity index (χ3v) is 3.33. The highest BCUT2D eigenvalue weighted by Crippen LogP contribution is 2.12. The predicted molar refractivity (Wildman–Crippen MR) is 73.0 cm³/mol. The van der Waals surface area contributed by atoms with Gasteiger partial charge in [-0.2, -0.15) is 0 Å². The summed E-state index contributed by atoms with van der Waals surface area (Å²) in [7, 11) is 3.45. The highest BCUT2D eigenvalue weighted by atomic mass is 35.5. The van der Waals surface area contributed by atoms with Gasteiger partial charge < -0.3 is 10.6 Å². The molecule has 0 radical (unpaired) electrons. The lowest BCUT2D eigenvalue weighted by atomic mass is 10.0. The van der Waals surface area contributed by atoms with Crippen molar-refractivity contribution in [2.75, 3.05) is 27.2 Å². The number of urea groups is 1. The molecule has 0 spiro atoms. The zero-order valence-corrected chi connectivity index (χ0v) is 12.0. The van der Waals surface area contributed by atoms with E-state index in [0.717, 1.165) is 25.9 Å². The number of rotatable bonds is 3. The van der Waals surface area contributed by atoms with Gasteiger partial charge in [0, 0.05) is 26.2 Å².